The van der Waals surface area contributed by atoms with Gasteiger partial charge in [-0.3, -0.25) is 15.0 Å². The number of thiazole rings is 1. The first-order valence-electron chi connectivity index (χ1n) is 6.63. The van der Waals surface area contributed by atoms with Crippen LogP contribution in [0.25, 0.3) is 0 Å². The van der Waals surface area contributed by atoms with Crippen molar-refractivity contribution < 1.29 is 9.53 Å². The van der Waals surface area contributed by atoms with Gasteiger partial charge in [-0.05, 0) is 25.3 Å². The highest BCUT2D eigenvalue weighted by Gasteiger charge is 2.17. The Balaban J connectivity index is 1.84. The van der Waals surface area contributed by atoms with Crippen LogP contribution in [0.1, 0.15) is 25.5 Å². The molecule has 2 rings (SSSR count). The van der Waals surface area contributed by atoms with Gasteiger partial charge in [-0.25, -0.2) is 4.98 Å². The van der Waals surface area contributed by atoms with Gasteiger partial charge in [-0.15, -0.1) is 11.3 Å². The lowest BCUT2D eigenvalue weighted by Gasteiger charge is -2.30. The van der Waals surface area contributed by atoms with Crippen LogP contribution in [0.5, 0.6) is 0 Å². The quantitative estimate of drug-likeness (QED) is 0.897. The number of piperidine rings is 1. The van der Waals surface area contributed by atoms with E-state index in [1.54, 1.807) is 0 Å². The van der Waals surface area contributed by atoms with E-state index in [1.165, 1.54) is 31.3 Å². The zero-order valence-corrected chi connectivity index (χ0v) is 12.3. The summed E-state index contributed by atoms with van der Waals surface area (Å²) in [5.74, 6) is 0.614. The summed E-state index contributed by atoms with van der Waals surface area (Å²) < 4.78 is 4.77. The molecule has 106 valence electrons. The molecule has 5 nitrogen and oxygen atoms in total. The third-order valence-electron chi connectivity index (χ3n) is 3.20. The molecule has 1 N–H and O–H groups in total. The van der Waals surface area contributed by atoms with E-state index in [-0.39, 0.29) is 12.5 Å². The fourth-order valence-electron chi connectivity index (χ4n) is 2.38. The van der Waals surface area contributed by atoms with Crippen molar-refractivity contribution in [3.05, 3.63) is 11.1 Å². The number of nitrogens with zero attached hydrogens (tertiary/aromatic N) is 2. The van der Waals surface area contributed by atoms with E-state index in [1.807, 2.05) is 5.38 Å². The van der Waals surface area contributed by atoms with Gasteiger partial charge in [-0.2, -0.15) is 0 Å². The van der Waals surface area contributed by atoms with Crippen molar-refractivity contribution in [3.63, 3.8) is 0 Å². The van der Waals surface area contributed by atoms with Crippen LogP contribution >= 0.6 is 11.3 Å². The van der Waals surface area contributed by atoms with E-state index in [4.69, 9.17) is 4.74 Å². The third-order valence-corrected chi connectivity index (χ3v) is 4.01. The largest absolute Gasteiger partial charge is 0.375 e. The molecule has 0 spiro atoms. The topological polar surface area (TPSA) is 54.5 Å². The summed E-state index contributed by atoms with van der Waals surface area (Å²) in [6.45, 7) is 5.53. The van der Waals surface area contributed by atoms with Crippen LogP contribution in [0.2, 0.25) is 0 Å². The van der Waals surface area contributed by atoms with E-state index in [0.29, 0.717) is 5.13 Å². The molecule has 0 aromatic carbocycles. The van der Waals surface area contributed by atoms with Gasteiger partial charge in [0.1, 0.15) is 6.61 Å². The molecule has 1 aromatic rings. The average Bonchev–Trinajstić information content (AvgIpc) is 2.76. The predicted molar refractivity (Wildman–Crippen MR) is 76.3 cm³/mol. The van der Waals surface area contributed by atoms with Crippen molar-refractivity contribution >= 4 is 22.4 Å². The molecule has 0 bridgehead atoms. The van der Waals surface area contributed by atoms with Gasteiger partial charge in [0.05, 0.1) is 5.69 Å². The molecule has 1 atom stereocenters. The average molecular weight is 283 g/mol. The molecule has 1 amide bonds. The van der Waals surface area contributed by atoms with Crippen molar-refractivity contribution in [2.24, 2.45) is 5.92 Å². The maximum absolute atomic E-state index is 11.4. The summed E-state index contributed by atoms with van der Waals surface area (Å²) in [5, 5.41) is 5.40. The highest BCUT2D eigenvalue weighted by atomic mass is 32.1. The number of rotatable bonds is 5. The highest BCUT2D eigenvalue weighted by molar-refractivity contribution is 7.13. The minimum atomic E-state index is -0.157. The van der Waals surface area contributed by atoms with Crippen molar-refractivity contribution in [2.75, 3.05) is 32.1 Å². The maximum atomic E-state index is 11.4. The van der Waals surface area contributed by atoms with Gasteiger partial charge < -0.3 is 4.74 Å². The highest BCUT2D eigenvalue weighted by Crippen LogP contribution is 2.20. The molecular weight excluding hydrogens is 262 g/mol. The zero-order chi connectivity index (χ0) is 13.7. The first kappa shape index (κ1) is 14.4. The predicted octanol–water partition coefficient (Wildman–Crippen LogP) is 1.96. The summed E-state index contributed by atoms with van der Waals surface area (Å²) in [4.78, 5) is 18.3. The van der Waals surface area contributed by atoms with Gasteiger partial charge in [0.15, 0.2) is 5.13 Å². The van der Waals surface area contributed by atoms with Crippen LogP contribution in [0.3, 0.4) is 0 Å². The number of hydrogen-bond donors (Lipinski definition) is 1. The van der Waals surface area contributed by atoms with Crippen LogP contribution in [-0.2, 0) is 16.1 Å². The maximum Gasteiger partial charge on any atom is 0.252 e. The van der Waals surface area contributed by atoms with Crippen LogP contribution < -0.4 is 5.32 Å². The monoisotopic (exact) mass is 283 g/mol. The smallest absolute Gasteiger partial charge is 0.252 e. The molecule has 1 aromatic heterocycles. The summed E-state index contributed by atoms with van der Waals surface area (Å²) in [6, 6.07) is 0. The first-order valence-corrected chi connectivity index (χ1v) is 7.51. The van der Waals surface area contributed by atoms with Crippen molar-refractivity contribution in [3.8, 4) is 0 Å². The second-order valence-corrected chi connectivity index (χ2v) is 5.97. The number of anilines is 1. The number of carbonyl (C=O) groups excluding carboxylic acids is 1. The Morgan fingerprint density at radius 1 is 1.68 bits per heavy atom. The second kappa shape index (κ2) is 6.98. The van der Waals surface area contributed by atoms with E-state index >= 15 is 0 Å². The van der Waals surface area contributed by atoms with E-state index in [9.17, 15) is 4.79 Å². The minimum absolute atomic E-state index is 0.0680. The Kier molecular flexibility index (Phi) is 5.30. The molecule has 1 aliphatic heterocycles. The van der Waals surface area contributed by atoms with Crippen LogP contribution in [0.15, 0.2) is 5.38 Å². The standard InChI is InChI=1S/C13H21N3O2S/c1-10-4-3-5-16(6-10)7-11-9-19-13(14-11)15-12(17)8-18-2/h9-10H,3-8H2,1-2H3,(H,14,15,17). The first-order chi connectivity index (χ1) is 9.17. The summed E-state index contributed by atoms with van der Waals surface area (Å²) in [5.41, 5.74) is 1.03. The van der Waals surface area contributed by atoms with Gasteiger partial charge in [0.25, 0.3) is 5.91 Å². The molecule has 0 aliphatic carbocycles. The number of hydrogen-bond acceptors (Lipinski definition) is 5. The fourth-order valence-corrected chi connectivity index (χ4v) is 3.10. The normalized spacial score (nSPS) is 20.4. The van der Waals surface area contributed by atoms with Crippen LogP contribution in [0, 0.1) is 5.92 Å². The van der Waals surface area contributed by atoms with Crippen molar-refractivity contribution in [1.82, 2.24) is 9.88 Å². The molecule has 6 heteroatoms. The Morgan fingerprint density at radius 2 is 2.53 bits per heavy atom. The molecule has 1 fully saturated rings. The van der Waals surface area contributed by atoms with E-state index in [2.05, 4.69) is 22.1 Å². The van der Waals surface area contributed by atoms with Crippen molar-refractivity contribution in [2.45, 2.75) is 26.3 Å². The molecule has 19 heavy (non-hydrogen) atoms. The van der Waals surface area contributed by atoms with Gasteiger partial charge in [0.2, 0.25) is 0 Å². The Hall–Kier alpha value is -0.980. The summed E-state index contributed by atoms with van der Waals surface area (Å²) >= 11 is 1.47. The Morgan fingerprint density at radius 3 is 3.26 bits per heavy atom. The van der Waals surface area contributed by atoms with Crippen LogP contribution in [-0.4, -0.2) is 42.6 Å². The molecule has 1 aliphatic rings. The number of aromatic nitrogens is 1. The van der Waals surface area contributed by atoms with E-state index < -0.39 is 0 Å². The summed E-state index contributed by atoms with van der Waals surface area (Å²) in [6.07, 6.45) is 2.59. The molecule has 1 unspecified atom stereocenters. The molecule has 2 heterocycles. The second-order valence-electron chi connectivity index (χ2n) is 5.11. The fraction of sp³-hybridized carbons (Fsp3) is 0.692. The zero-order valence-electron chi connectivity index (χ0n) is 11.5. The number of likely N-dealkylation sites (tertiary alicyclic amines) is 1. The molecule has 0 radical (unpaired) electrons. The number of carbonyl (C=O) groups is 1. The number of methoxy groups -OCH3 is 1. The lowest BCUT2D eigenvalue weighted by atomic mass is 10.0. The number of ether oxygens (including phenoxy) is 1. The van der Waals surface area contributed by atoms with Gasteiger partial charge in [0, 0.05) is 25.6 Å². The van der Waals surface area contributed by atoms with E-state index in [0.717, 1.165) is 31.2 Å². The van der Waals surface area contributed by atoms with Crippen molar-refractivity contribution in [1.29, 1.82) is 0 Å². The molecular formula is C13H21N3O2S. The van der Waals surface area contributed by atoms with Gasteiger partial charge >= 0.3 is 0 Å². The lowest BCUT2D eigenvalue weighted by molar-refractivity contribution is -0.119. The SMILES string of the molecule is COCC(=O)Nc1nc(CN2CCCC(C)C2)cs1. The summed E-state index contributed by atoms with van der Waals surface area (Å²) in [7, 11) is 1.50. The lowest BCUT2D eigenvalue weighted by Crippen LogP contribution is -2.33. The molecule has 1 saturated heterocycles. The number of amides is 1. The number of nitrogens with one attached hydrogen (secondary N) is 1. The Labute approximate surface area is 118 Å². The Bertz CT molecular complexity index is 422. The molecule has 0 saturated carbocycles. The van der Waals surface area contributed by atoms with Gasteiger partial charge in [-0.1, -0.05) is 6.92 Å². The van der Waals surface area contributed by atoms with Crippen LogP contribution in [0.4, 0.5) is 5.13 Å². The minimum Gasteiger partial charge on any atom is -0.375 e. The third kappa shape index (κ3) is 4.56.